The molecule has 2 N–H and O–H groups in total. The lowest BCUT2D eigenvalue weighted by molar-refractivity contribution is -0.116. The molecular weight excluding hydrogens is 396 g/mol. The zero-order valence-electron chi connectivity index (χ0n) is 14.9. The molecule has 0 saturated heterocycles. The maximum absolute atomic E-state index is 12.8. The van der Waals surface area contributed by atoms with Gasteiger partial charge in [0.25, 0.3) is 0 Å². The van der Waals surface area contributed by atoms with Crippen LogP contribution in [0.2, 0.25) is 5.02 Å². The first kappa shape index (κ1) is 20.1. The third kappa shape index (κ3) is 5.42. The third-order valence-electron chi connectivity index (χ3n) is 4.07. The minimum Gasteiger partial charge on any atom is -0.326 e. The number of para-hydroxylation sites is 1. The molecule has 5 nitrogen and oxygen atoms in total. The van der Waals surface area contributed by atoms with Crippen LogP contribution < -0.4 is 10.0 Å². The van der Waals surface area contributed by atoms with E-state index < -0.39 is 16.1 Å². The smallest absolute Gasteiger partial charge is 0.241 e. The Morgan fingerprint density at radius 3 is 2.04 bits per heavy atom. The molecule has 1 atom stereocenters. The molecule has 0 bridgehead atoms. The van der Waals surface area contributed by atoms with Gasteiger partial charge >= 0.3 is 0 Å². The van der Waals surface area contributed by atoms with Gasteiger partial charge in [-0.15, -0.1) is 0 Å². The molecule has 7 heteroatoms. The summed E-state index contributed by atoms with van der Waals surface area (Å²) in [6.07, 6.45) is -0.0499. The number of carbonyl (C=O) groups is 1. The van der Waals surface area contributed by atoms with E-state index in [0.29, 0.717) is 16.3 Å². The topological polar surface area (TPSA) is 75.3 Å². The zero-order chi connectivity index (χ0) is 20.0. The SMILES string of the molecule is O=C(CC(NS(=O)(=O)c1ccc(Cl)cc1)c1ccccc1)Nc1ccccc1. The summed E-state index contributed by atoms with van der Waals surface area (Å²) < 4.78 is 28.2. The fourth-order valence-electron chi connectivity index (χ4n) is 2.70. The summed E-state index contributed by atoms with van der Waals surface area (Å²) in [4.78, 5) is 12.6. The van der Waals surface area contributed by atoms with Gasteiger partial charge in [0.1, 0.15) is 0 Å². The normalized spacial score (nSPS) is 12.3. The van der Waals surface area contributed by atoms with Crippen LogP contribution in [0.15, 0.2) is 89.8 Å². The molecule has 0 spiro atoms. The number of anilines is 1. The van der Waals surface area contributed by atoms with Crippen LogP contribution in [-0.2, 0) is 14.8 Å². The van der Waals surface area contributed by atoms with Gasteiger partial charge in [-0.2, -0.15) is 0 Å². The molecule has 0 heterocycles. The molecule has 0 aliphatic rings. The lowest BCUT2D eigenvalue weighted by atomic mass is 10.0. The van der Waals surface area contributed by atoms with Crippen molar-refractivity contribution >= 4 is 33.2 Å². The van der Waals surface area contributed by atoms with Crippen molar-refractivity contribution < 1.29 is 13.2 Å². The molecule has 0 fully saturated rings. The zero-order valence-corrected chi connectivity index (χ0v) is 16.5. The molecule has 1 unspecified atom stereocenters. The first-order chi connectivity index (χ1) is 13.4. The first-order valence-electron chi connectivity index (χ1n) is 8.62. The number of carbonyl (C=O) groups excluding carboxylic acids is 1. The van der Waals surface area contributed by atoms with Crippen LogP contribution in [0.3, 0.4) is 0 Å². The Morgan fingerprint density at radius 1 is 0.857 bits per heavy atom. The quantitative estimate of drug-likeness (QED) is 0.602. The summed E-state index contributed by atoms with van der Waals surface area (Å²) in [5.74, 6) is -0.293. The molecule has 3 aromatic rings. The molecule has 0 aliphatic heterocycles. The van der Waals surface area contributed by atoms with Crippen molar-refractivity contribution in [1.82, 2.24) is 4.72 Å². The third-order valence-corrected chi connectivity index (χ3v) is 5.81. The van der Waals surface area contributed by atoms with E-state index in [1.54, 1.807) is 36.4 Å². The van der Waals surface area contributed by atoms with E-state index in [9.17, 15) is 13.2 Å². The summed E-state index contributed by atoms with van der Waals surface area (Å²) >= 11 is 5.84. The van der Waals surface area contributed by atoms with E-state index in [1.165, 1.54) is 24.3 Å². The van der Waals surface area contributed by atoms with Gasteiger partial charge in [-0.3, -0.25) is 4.79 Å². The van der Waals surface area contributed by atoms with E-state index in [2.05, 4.69) is 10.0 Å². The predicted octanol–water partition coefficient (Wildman–Crippen LogP) is 4.39. The van der Waals surface area contributed by atoms with Crippen molar-refractivity contribution in [3.05, 3.63) is 95.5 Å². The van der Waals surface area contributed by atoms with Gasteiger partial charge in [0, 0.05) is 17.1 Å². The van der Waals surface area contributed by atoms with Crippen molar-refractivity contribution in [3.8, 4) is 0 Å². The van der Waals surface area contributed by atoms with Crippen LogP contribution in [-0.4, -0.2) is 14.3 Å². The Bertz CT molecular complexity index is 1020. The summed E-state index contributed by atoms with van der Waals surface area (Å²) in [6.45, 7) is 0. The Morgan fingerprint density at radius 2 is 1.43 bits per heavy atom. The highest BCUT2D eigenvalue weighted by molar-refractivity contribution is 7.89. The van der Waals surface area contributed by atoms with Crippen molar-refractivity contribution in [1.29, 1.82) is 0 Å². The number of benzene rings is 3. The minimum atomic E-state index is -3.83. The Labute approximate surface area is 169 Å². The Balaban J connectivity index is 1.81. The standard InChI is InChI=1S/C21H19ClN2O3S/c22-17-11-13-19(14-12-17)28(26,27)24-20(16-7-3-1-4-8-16)15-21(25)23-18-9-5-2-6-10-18/h1-14,20,24H,15H2,(H,23,25). The van der Waals surface area contributed by atoms with Crippen molar-refractivity contribution in [2.45, 2.75) is 17.4 Å². The predicted molar refractivity (Wildman–Crippen MR) is 111 cm³/mol. The van der Waals surface area contributed by atoms with Crippen molar-refractivity contribution in [2.24, 2.45) is 0 Å². The highest BCUT2D eigenvalue weighted by atomic mass is 35.5. The maximum Gasteiger partial charge on any atom is 0.241 e. The van der Waals surface area contributed by atoms with Crippen LogP contribution >= 0.6 is 11.6 Å². The average molecular weight is 415 g/mol. The van der Waals surface area contributed by atoms with E-state index in [4.69, 9.17) is 11.6 Å². The summed E-state index contributed by atoms with van der Waals surface area (Å²) in [7, 11) is -3.83. The van der Waals surface area contributed by atoms with Gasteiger partial charge in [0.05, 0.1) is 10.9 Å². The van der Waals surface area contributed by atoms with Crippen molar-refractivity contribution in [2.75, 3.05) is 5.32 Å². The molecular formula is C21H19ClN2O3S. The fraction of sp³-hybridized carbons (Fsp3) is 0.0952. The highest BCUT2D eigenvalue weighted by Crippen LogP contribution is 2.22. The van der Waals surface area contributed by atoms with E-state index in [1.807, 2.05) is 24.3 Å². The van der Waals surface area contributed by atoms with Gasteiger partial charge in [0.2, 0.25) is 15.9 Å². The summed E-state index contributed by atoms with van der Waals surface area (Å²) in [5.41, 5.74) is 1.35. The van der Waals surface area contributed by atoms with Crippen molar-refractivity contribution in [3.63, 3.8) is 0 Å². The van der Waals surface area contributed by atoms with Gasteiger partial charge in [-0.1, -0.05) is 60.1 Å². The summed E-state index contributed by atoms with van der Waals surface area (Å²) in [5, 5.41) is 3.23. The van der Waals surface area contributed by atoms with Crippen LogP contribution in [0.4, 0.5) is 5.69 Å². The number of hydrogen-bond acceptors (Lipinski definition) is 3. The molecule has 144 valence electrons. The highest BCUT2D eigenvalue weighted by Gasteiger charge is 2.23. The molecule has 0 aromatic heterocycles. The van der Waals surface area contributed by atoms with Crippen LogP contribution in [0, 0.1) is 0 Å². The number of nitrogens with one attached hydrogen (secondary N) is 2. The number of amides is 1. The molecule has 28 heavy (non-hydrogen) atoms. The van der Waals surface area contributed by atoms with E-state index >= 15 is 0 Å². The van der Waals surface area contributed by atoms with Crippen LogP contribution in [0.1, 0.15) is 18.0 Å². The fourth-order valence-corrected chi connectivity index (χ4v) is 4.05. The van der Waals surface area contributed by atoms with E-state index in [-0.39, 0.29) is 17.2 Å². The maximum atomic E-state index is 12.8. The number of hydrogen-bond donors (Lipinski definition) is 2. The second-order valence-corrected chi connectivity index (χ2v) is 8.31. The average Bonchev–Trinajstić information content (AvgIpc) is 2.69. The minimum absolute atomic E-state index is 0.0499. The largest absolute Gasteiger partial charge is 0.326 e. The molecule has 3 aromatic carbocycles. The molecule has 0 radical (unpaired) electrons. The lowest BCUT2D eigenvalue weighted by Crippen LogP contribution is -2.31. The monoisotopic (exact) mass is 414 g/mol. The van der Waals surface area contributed by atoms with Crippen LogP contribution in [0.25, 0.3) is 0 Å². The Hall–Kier alpha value is -2.67. The molecule has 0 saturated carbocycles. The summed E-state index contributed by atoms with van der Waals surface area (Å²) in [6, 6.07) is 23.2. The second-order valence-electron chi connectivity index (χ2n) is 6.16. The first-order valence-corrected chi connectivity index (χ1v) is 10.5. The lowest BCUT2D eigenvalue weighted by Gasteiger charge is -2.19. The number of rotatable bonds is 7. The van der Waals surface area contributed by atoms with Crippen LogP contribution in [0.5, 0.6) is 0 Å². The van der Waals surface area contributed by atoms with Gasteiger partial charge in [-0.05, 0) is 42.0 Å². The molecule has 0 aliphatic carbocycles. The number of sulfonamides is 1. The number of halogens is 1. The van der Waals surface area contributed by atoms with Gasteiger partial charge in [-0.25, -0.2) is 13.1 Å². The molecule has 3 rings (SSSR count). The van der Waals surface area contributed by atoms with Gasteiger partial charge < -0.3 is 5.32 Å². The van der Waals surface area contributed by atoms with E-state index in [0.717, 1.165) is 0 Å². The second kappa shape index (κ2) is 9.01. The molecule has 1 amide bonds. The van der Waals surface area contributed by atoms with Gasteiger partial charge in [0.15, 0.2) is 0 Å². The Kier molecular flexibility index (Phi) is 6.46.